The molecule has 0 aliphatic carbocycles. The van der Waals surface area contributed by atoms with E-state index in [1.54, 1.807) is 24.3 Å². The van der Waals surface area contributed by atoms with Crippen LogP contribution in [0.5, 0.6) is 0 Å². The summed E-state index contributed by atoms with van der Waals surface area (Å²) in [6, 6.07) is 6.47. The lowest BCUT2D eigenvalue weighted by molar-refractivity contribution is -0.439. The van der Waals surface area contributed by atoms with Gasteiger partial charge in [0.15, 0.2) is 6.10 Å². The maximum Gasteiger partial charge on any atom is 0.465 e. The van der Waals surface area contributed by atoms with Gasteiger partial charge in [0.05, 0.1) is 5.69 Å². The highest BCUT2D eigenvalue weighted by atomic mass is 35.5. The molecule has 0 saturated carbocycles. The van der Waals surface area contributed by atoms with Gasteiger partial charge in [0.2, 0.25) is 0 Å². The Bertz CT molecular complexity index is 834. The van der Waals surface area contributed by atoms with E-state index in [2.05, 4.69) is 14.5 Å². The molecule has 0 bridgehead atoms. The zero-order valence-electron chi connectivity index (χ0n) is 12.9. The highest BCUT2D eigenvalue weighted by Crippen LogP contribution is 2.50. The van der Waals surface area contributed by atoms with Crippen LogP contribution in [0, 0.1) is 0 Å². The second kappa shape index (κ2) is 6.64. The van der Waals surface area contributed by atoms with E-state index in [4.69, 9.17) is 11.6 Å². The highest BCUT2D eigenvalue weighted by Gasteiger charge is 2.80. The summed E-state index contributed by atoms with van der Waals surface area (Å²) in [6.07, 6.45) is -14.6. The number of hydrogen-bond acceptors (Lipinski definition) is 5. The van der Waals surface area contributed by atoms with E-state index < -0.39 is 36.6 Å². The molecule has 4 nitrogen and oxygen atoms in total. The number of carbonyl (C=O) groups excluding carboxylic acids is 1. The van der Waals surface area contributed by atoms with Crippen molar-refractivity contribution in [2.75, 3.05) is 0 Å². The third kappa shape index (κ3) is 3.63. The molecule has 2 aromatic rings. The summed E-state index contributed by atoms with van der Waals surface area (Å²) in [5.74, 6) is -6.73. The molecule has 3 rings (SSSR count). The molecule has 0 radical (unpaired) electrons. The summed E-state index contributed by atoms with van der Waals surface area (Å²) >= 11 is 6.86. The Morgan fingerprint density at radius 1 is 1.11 bits per heavy atom. The minimum Gasteiger partial charge on any atom is -0.414 e. The number of halogens is 7. The van der Waals surface area contributed by atoms with Crippen LogP contribution in [0.2, 0.25) is 5.02 Å². The topological polar surface area (TPSA) is 48.4 Å². The molecule has 1 aliphatic heterocycles. The number of benzene rings is 1. The van der Waals surface area contributed by atoms with Crippen molar-refractivity contribution in [3.63, 3.8) is 0 Å². The molecule has 0 spiro atoms. The van der Waals surface area contributed by atoms with Crippen LogP contribution in [0.3, 0.4) is 0 Å². The normalized spacial score (nSPS) is 20.0. The van der Waals surface area contributed by atoms with Crippen molar-refractivity contribution in [1.82, 2.24) is 4.98 Å². The fourth-order valence-corrected chi connectivity index (χ4v) is 3.30. The molecule has 0 N–H and O–H groups in total. The lowest BCUT2D eigenvalue weighted by atomic mass is 10.2. The first kappa shape index (κ1) is 19.9. The molecule has 12 heteroatoms. The Hall–Kier alpha value is -1.85. The van der Waals surface area contributed by atoms with Crippen molar-refractivity contribution < 1.29 is 40.6 Å². The summed E-state index contributed by atoms with van der Waals surface area (Å²) in [7, 11) is 0. The number of ether oxygens (including phenoxy) is 2. The number of esters is 1. The summed E-state index contributed by atoms with van der Waals surface area (Å²) in [6.45, 7) is 0. The van der Waals surface area contributed by atoms with Crippen LogP contribution in [0.4, 0.5) is 26.3 Å². The third-order valence-corrected chi connectivity index (χ3v) is 4.79. The van der Waals surface area contributed by atoms with Crippen LogP contribution >= 0.6 is 22.9 Å². The summed E-state index contributed by atoms with van der Waals surface area (Å²) < 4.78 is 85.1. The van der Waals surface area contributed by atoms with Crippen LogP contribution < -0.4 is 0 Å². The zero-order chi connectivity index (χ0) is 20.0. The molecule has 146 valence electrons. The van der Waals surface area contributed by atoms with Crippen LogP contribution in [-0.4, -0.2) is 35.2 Å². The van der Waals surface area contributed by atoms with E-state index in [9.17, 15) is 31.1 Å². The van der Waals surface area contributed by atoms with Crippen molar-refractivity contribution in [2.24, 2.45) is 0 Å². The van der Waals surface area contributed by atoms with Crippen molar-refractivity contribution in [3.8, 4) is 10.6 Å². The molecule has 1 atom stereocenters. The number of hydrogen-bond donors (Lipinski definition) is 0. The minimum atomic E-state index is -5.98. The van der Waals surface area contributed by atoms with Gasteiger partial charge in [-0.25, -0.2) is 9.78 Å². The number of carbonyl (C=O) groups is 1. The van der Waals surface area contributed by atoms with Gasteiger partial charge in [-0.05, 0) is 12.1 Å². The second-order valence-corrected chi connectivity index (χ2v) is 6.79. The number of aromatic nitrogens is 1. The van der Waals surface area contributed by atoms with Gasteiger partial charge in [-0.1, -0.05) is 23.7 Å². The predicted molar refractivity (Wildman–Crippen MR) is 82.1 cm³/mol. The van der Waals surface area contributed by atoms with Crippen molar-refractivity contribution in [3.05, 3.63) is 40.4 Å². The summed E-state index contributed by atoms with van der Waals surface area (Å²) in [5.41, 5.74) is 0.734. The largest absolute Gasteiger partial charge is 0.465 e. The number of rotatable bonds is 3. The number of nitrogens with zero attached hydrogens (tertiary/aromatic N) is 1. The van der Waals surface area contributed by atoms with Gasteiger partial charge in [0, 0.05) is 22.4 Å². The maximum atomic E-state index is 12.9. The lowest BCUT2D eigenvalue weighted by Gasteiger charge is -2.30. The van der Waals surface area contributed by atoms with E-state index >= 15 is 0 Å². The molecule has 0 unspecified atom stereocenters. The first-order valence-corrected chi connectivity index (χ1v) is 8.43. The standard InChI is InChI=1S/C15H8ClF6NO3S/c16-8-3-1-7(2-4-8)11-23-9(6-27-11)5-10-12(24)26-13(25-10,14(17,18)19)15(20,21)22/h1-4,6,10H,5H2/t10-/m0/s1. The number of alkyl halides is 6. The van der Waals surface area contributed by atoms with E-state index in [0.717, 1.165) is 11.3 Å². The molecule has 1 aliphatic rings. The van der Waals surface area contributed by atoms with E-state index in [1.165, 1.54) is 5.38 Å². The van der Waals surface area contributed by atoms with Gasteiger partial charge in [0.25, 0.3) is 0 Å². The third-order valence-electron chi connectivity index (χ3n) is 3.60. The lowest BCUT2D eigenvalue weighted by Crippen LogP contribution is -2.58. The van der Waals surface area contributed by atoms with E-state index in [0.29, 0.717) is 15.6 Å². The predicted octanol–water partition coefficient (Wildman–Crippen LogP) is 4.77. The van der Waals surface area contributed by atoms with Crippen LogP contribution in [0.15, 0.2) is 29.6 Å². The number of thiazole rings is 1. The Morgan fingerprint density at radius 2 is 1.70 bits per heavy atom. The fraction of sp³-hybridized carbons (Fsp3) is 0.333. The Morgan fingerprint density at radius 3 is 2.22 bits per heavy atom. The monoisotopic (exact) mass is 431 g/mol. The molecule has 1 aromatic heterocycles. The molecule has 1 saturated heterocycles. The fourth-order valence-electron chi connectivity index (χ4n) is 2.33. The molecule has 1 aromatic carbocycles. The first-order valence-electron chi connectivity index (χ1n) is 7.17. The molecule has 0 amide bonds. The molecular weight excluding hydrogens is 424 g/mol. The molecule has 1 fully saturated rings. The number of cyclic esters (lactones) is 1. The van der Waals surface area contributed by atoms with Gasteiger partial charge < -0.3 is 9.47 Å². The Kier molecular flexibility index (Phi) is 4.89. The molecular formula is C15H8ClF6NO3S. The minimum absolute atomic E-state index is 0.0899. The Labute approximate surface area is 156 Å². The van der Waals surface area contributed by atoms with Gasteiger partial charge in [0.1, 0.15) is 5.01 Å². The average Bonchev–Trinajstić information content (AvgIpc) is 3.13. The first-order chi connectivity index (χ1) is 12.4. The van der Waals surface area contributed by atoms with E-state index in [-0.39, 0.29) is 5.69 Å². The second-order valence-electron chi connectivity index (χ2n) is 5.49. The quantitative estimate of drug-likeness (QED) is 0.519. The summed E-state index contributed by atoms with van der Waals surface area (Å²) in [4.78, 5) is 15.7. The van der Waals surface area contributed by atoms with Gasteiger partial charge in [-0.2, -0.15) is 26.3 Å². The molecule has 27 heavy (non-hydrogen) atoms. The Balaban J connectivity index is 1.81. The van der Waals surface area contributed by atoms with Crippen molar-refractivity contribution in [1.29, 1.82) is 0 Å². The highest BCUT2D eigenvalue weighted by molar-refractivity contribution is 7.13. The van der Waals surface area contributed by atoms with E-state index in [1.807, 2.05) is 0 Å². The van der Waals surface area contributed by atoms with Crippen molar-refractivity contribution in [2.45, 2.75) is 30.7 Å². The smallest absolute Gasteiger partial charge is 0.414 e. The summed E-state index contributed by atoms with van der Waals surface area (Å²) in [5, 5.41) is 2.33. The van der Waals surface area contributed by atoms with Crippen LogP contribution in [0.1, 0.15) is 5.69 Å². The van der Waals surface area contributed by atoms with Crippen LogP contribution in [0.25, 0.3) is 10.6 Å². The van der Waals surface area contributed by atoms with Gasteiger partial charge in [-0.15, -0.1) is 11.3 Å². The zero-order valence-corrected chi connectivity index (χ0v) is 14.5. The maximum absolute atomic E-state index is 12.9. The van der Waals surface area contributed by atoms with Crippen LogP contribution in [-0.2, 0) is 20.7 Å². The van der Waals surface area contributed by atoms with Gasteiger partial charge in [-0.3, -0.25) is 0 Å². The van der Waals surface area contributed by atoms with Gasteiger partial charge >= 0.3 is 24.1 Å². The van der Waals surface area contributed by atoms with Crippen molar-refractivity contribution >= 4 is 28.9 Å². The molecule has 2 heterocycles. The average molecular weight is 432 g/mol. The SMILES string of the molecule is O=C1OC(C(F)(F)F)(C(F)(F)F)O[C@H]1Cc1csc(-c2ccc(Cl)cc2)n1.